The summed E-state index contributed by atoms with van der Waals surface area (Å²) in [4.78, 5) is 69.4. The van der Waals surface area contributed by atoms with Crippen molar-refractivity contribution in [3.63, 3.8) is 0 Å². The van der Waals surface area contributed by atoms with Crippen molar-refractivity contribution in [1.29, 1.82) is 0 Å². The fourth-order valence-corrected chi connectivity index (χ4v) is 9.31. The predicted octanol–water partition coefficient (Wildman–Crippen LogP) is -1.69. The quantitative estimate of drug-likeness (QED) is 0.0297. The molecule has 24 nitrogen and oxygen atoms in total. The molecule has 11 atom stereocenters. The standard InChI is InChI=1S/C31H40IN3O21P2/c1-15-10-23(38)52-18-11-16(4-5-17(15)18)49-14-22(37)33-7-2-3-9-50-32-12-19-24(39)26(41)28(43)30(54-19)55-58(47,48)56-57(45,46)51-13-20-25(40)27(42)29(53-20)35-8-6-21(36)34-31(35)44/h4-6,8,10-12,19-20,24-30,39-43H,2-3,7,9,13-14H2,1H3,(H,33,37)(H,45,46)(H,47,48)(H,34,36,44). The van der Waals surface area contributed by atoms with Gasteiger partial charge in [-0.05, 0) is 37.5 Å². The van der Waals surface area contributed by atoms with Crippen LogP contribution in [0.2, 0.25) is 0 Å². The van der Waals surface area contributed by atoms with Crippen LogP contribution in [0.15, 0.2) is 55.3 Å². The molecule has 2 aromatic heterocycles. The summed E-state index contributed by atoms with van der Waals surface area (Å²) in [6, 6.07) is 7.19. The summed E-state index contributed by atoms with van der Waals surface area (Å²) in [5.41, 5.74) is -1.19. The first-order valence-electron chi connectivity index (χ1n) is 17.1. The third-order valence-corrected chi connectivity index (χ3v) is 12.8. The van der Waals surface area contributed by atoms with E-state index in [9.17, 15) is 63.6 Å². The number of aromatic nitrogens is 2. The molecule has 0 radical (unpaired) electrons. The van der Waals surface area contributed by atoms with Gasteiger partial charge in [-0.25, -0.2) is 18.7 Å². The Morgan fingerprint density at radius 2 is 1.72 bits per heavy atom. The van der Waals surface area contributed by atoms with Gasteiger partial charge in [0, 0.05) is 61.5 Å². The molecule has 4 heterocycles. The molecule has 3 aromatic rings. The number of fused-ring (bicyclic) bond motifs is 1. The van der Waals surface area contributed by atoms with Crippen LogP contribution in [-0.4, -0.2) is 130 Å². The minimum Gasteiger partial charge on any atom is -0.484 e. The number of aromatic amines is 1. The largest absolute Gasteiger partial charge is 0.484 e. The fraction of sp³-hybridized carbons (Fsp3) is 0.516. The number of phosphoric acid groups is 2. The highest BCUT2D eigenvalue weighted by Crippen LogP contribution is 2.61. The average molecular weight is 980 g/mol. The van der Waals surface area contributed by atoms with E-state index in [1.54, 1.807) is 19.1 Å². The van der Waals surface area contributed by atoms with E-state index < -0.39 is 121 Å². The van der Waals surface area contributed by atoms with Crippen LogP contribution in [0.25, 0.3) is 11.0 Å². The Labute approximate surface area is 336 Å². The van der Waals surface area contributed by atoms with E-state index in [1.165, 1.54) is 16.1 Å². The van der Waals surface area contributed by atoms with Crippen LogP contribution in [-0.2, 0) is 39.8 Å². The Morgan fingerprint density at radius 3 is 2.47 bits per heavy atom. The Kier molecular flexibility index (Phi) is 15.8. The van der Waals surface area contributed by atoms with Crippen LogP contribution in [0.3, 0.4) is 0 Å². The van der Waals surface area contributed by atoms with Crippen LogP contribution < -0.4 is 26.9 Å². The van der Waals surface area contributed by atoms with E-state index in [4.69, 9.17) is 21.7 Å². The minimum absolute atomic E-state index is 0.214. The van der Waals surface area contributed by atoms with Crippen LogP contribution in [0, 0.1) is 6.92 Å². The minimum atomic E-state index is -5.68. The summed E-state index contributed by atoms with van der Waals surface area (Å²) >= 11 is -1.31. The number of hydrogen-bond donors (Lipinski definition) is 9. The third-order valence-electron chi connectivity index (χ3n) is 8.42. The number of halogens is 1. The van der Waals surface area contributed by atoms with Gasteiger partial charge in [0.25, 0.3) is 11.5 Å². The molecule has 322 valence electrons. The number of aliphatic hydroxyl groups excluding tert-OH is 5. The number of amides is 1. The number of rotatable bonds is 18. The monoisotopic (exact) mass is 979 g/mol. The van der Waals surface area contributed by atoms with Gasteiger partial charge in [0.15, 0.2) is 19.1 Å². The SMILES string of the molecule is Cc1cc(=O)oc2cc(OCC(=O)NCCCCOI=CC3OC(OP(=O)(O)OP(=O)(O)OCC4OC(n5ccc(=O)[nH]c5=O)C(O)C4O)C(O)C(O)C3O)ccc12. The Balaban J connectivity index is 1.02. The number of carbonyl (C=O) groups is 1. The first-order chi connectivity index (χ1) is 27.3. The van der Waals surface area contributed by atoms with Gasteiger partial charge in [0.2, 0.25) is 0 Å². The van der Waals surface area contributed by atoms with E-state index >= 15 is 0 Å². The number of unbranched alkanes of at least 4 members (excludes halogenated alkanes) is 1. The van der Waals surface area contributed by atoms with Crippen LogP contribution in [0.5, 0.6) is 5.75 Å². The van der Waals surface area contributed by atoms with Gasteiger partial charge < -0.3 is 62.3 Å². The summed E-state index contributed by atoms with van der Waals surface area (Å²) < 4.78 is 67.6. The number of ether oxygens (including phenoxy) is 3. The van der Waals surface area contributed by atoms with Crippen molar-refractivity contribution in [1.82, 2.24) is 14.9 Å². The molecule has 11 unspecified atom stereocenters. The molecular formula is C31H40IN3O21P2. The maximum Gasteiger partial charge on any atom is 0.483 e. The molecule has 1 amide bonds. The molecule has 0 saturated carbocycles. The number of aliphatic hydroxyl groups is 5. The smallest absolute Gasteiger partial charge is 0.483 e. The van der Waals surface area contributed by atoms with Crippen LogP contribution in [0.4, 0.5) is 0 Å². The van der Waals surface area contributed by atoms with Gasteiger partial charge in [-0.15, -0.1) is 0 Å². The summed E-state index contributed by atoms with van der Waals surface area (Å²) in [5, 5.41) is 55.0. The second-order valence-electron chi connectivity index (χ2n) is 12.7. The predicted molar refractivity (Wildman–Crippen MR) is 203 cm³/mol. The van der Waals surface area contributed by atoms with Gasteiger partial charge >= 0.3 is 27.0 Å². The van der Waals surface area contributed by atoms with Crippen molar-refractivity contribution in [2.24, 2.45) is 0 Å². The van der Waals surface area contributed by atoms with Gasteiger partial charge in [0.05, 0.1) is 13.2 Å². The topological polar surface area (TPSA) is 355 Å². The molecule has 58 heavy (non-hydrogen) atoms. The Hall–Kier alpha value is -3.08. The van der Waals surface area contributed by atoms with Gasteiger partial charge in [0.1, 0.15) is 54.1 Å². The normalized spacial score (nSPS) is 28.4. The fourth-order valence-electron chi connectivity index (χ4n) is 5.50. The molecule has 2 fully saturated rings. The van der Waals surface area contributed by atoms with Gasteiger partial charge in [-0.2, -0.15) is 4.31 Å². The molecule has 5 rings (SSSR count). The molecule has 0 bridgehead atoms. The van der Waals surface area contributed by atoms with Crippen LogP contribution in [0.1, 0.15) is 24.6 Å². The van der Waals surface area contributed by atoms with Crippen molar-refractivity contribution in [3.8, 4) is 5.75 Å². The summed E-state index contributed by atoms with van der Waals surface area (Å²) in [6.45, 7) is 0.955. The zero-order valence-corrected chi connectivity index (χ0v) is 34.0. The third kappa shape index (κ3) is 12.2. The van der Waals surface area contributed by atoms with Gasteiger partial charge in [-0.1, -0.05) is 0 Å². The molecule has 27 heteroatoms. The maximum absolute atomic E-state index is 12.6. The molecule has 9 N–H and O–H groups in total. The number of nitrogens with zero attached hydrogens (tertiary/aromatic N) is 1. The van der Waals surface area contributed by atoms with Crippen molar-refractivity contribution >= 4 is 57.7 Å². The second kappa shape index (κ2) is 20.0. The van der Waals surface area contributed by atoms with E-state index in [1.807, 2.05) is 4.98 Å². The number of hydrogen-bond acceptors (Lipinski definition) is 19. The molecule has 2 aliphatic heterocycles. The highest BCUT2D eigenvalue weighted by atomic mass is 127. The van der Waals surface area contributed by atoms with E-state index in [2.05, 4.69) is 18.7 Å². The van der Waals surface area contributed by atoms with E-state index in [0.29, 0.717) is 30.7 Å². The van der Waals surface area contributed by atoms with Crippen molar-refractivity contribution in [3.05, 3.63) is 73.4 Å². The summed E-state index contributed by atoms with van der Waals surface area (Å²) in [5.74, 6) is -0.0483. The number of benzene rings is 1. The first-order valence-corrected chi connectivity index (χ1v) is 22.2. The molecule has 2 aliphatic rings. The van der Waals surface area contributed by atoms with E-state index in [0.717, 1.165) is 27.8 Å². The van der Waals surface area contributed by atoms with Crippen molar-refractivity contribution < 1.29 is 84.3 Å². The molecule has 2 saturated heterocycles. The van der Waals surface area contributed by atoms with Gasteiger partial charge in [-0.3, -0.25) is 28.2 Å². The Morgan fingerprint density at radius 1 is 0.966 bits per heavy atom. The molecule has 0 aliphatic carbocycles. The van der Waals surface area contributed by atoms with Crippen molar-refractivity contribution in [2.75, 3.05) is 26.4 Å². The number of H-pyrrole nitrogens is 1. The number of carbonyl (C=O) groups excluding carboxylic acids is 1. The molecule has 0 spiro atoms. The molecule has 1 aromatic carbocycles. The highest BCUT2D eigenvalue weighted by molar-refractivity contribution is 14.2. The maximum atomic E-state index is 12.6. The lowest BCUT2D eigenvalue weighted by molar-refractivity contribution is -0.259. The van der Waals surface area contributed by atoms with Crippen molar-refractivity contribution in [2.45, 2.75) is 75.0 Å². The lowest BCUT2D eigenvalue weighted by atomic mass is 10.0. The zero-order valence-electron chi connectivity index (χ0n) is 30.0. The lowest BCUT2D eigenvalue weighted by Gasteiger charge is -2.39. The Bertz CT molecular complexity index is 2220. The second-order valence-corrected chi connectivity index (χ2v) is 17.6. The lowest BCUT2D eigenvalue weighted by Crippen LogP contribution is -2.58. The van der Waals surface area contributed by atoms with E-state index in [-0.39, 0.29) is 13.2 Å². The highest BCUT2D eigenvalue weighted by Gasteiger charge is 2.49. The summed E-state index contributed by atoms with van der Waals surface area (Å²) in [7, 11) is -11.2. The summed E-state index contributed by atoms with van der Waals surface area (Å²) in [6.07, 6.45) is -14.3. The zero-order chi connectivity index (χ0) is 42.4. The first kappa shape index (κ1) is 46.0. The number of aryl methyl sites for hydroxylation is 1. The molecular weight excluding hydrogens is 939 g/mol. The number of nitrogens with one attached hydrogen (secondary N) is 2. The average Bonchev–Trinajstić information content (AvgIpc) is 3.42. The van der Waals surface area contributed by atoms with Crippen LogP contribution >= 0.6 is 36.8 Å². The number of phosphoric ester groups is 2.